The highest BCUT2D eigenvalue weighted by molar-refractivity contribution is 7.89. The molecule has 10 heteroatoms. The smallest absolute Gasteiger partial charge is 0.416 e. The molecule has 5 nitrogen and oxygen atoms in total. The summed E-state index contributed by atoms with van der Waals surface area (Å²) in [5.41, 5.74) is -0.309. The van der Waals surface area contributed by atoms with E-state index in [2.05, 4.69) is 4.72 Å². The van der Waals surface area contributed by atoms with Crippen LogP contribution >= 0.6 is 11.6 Å². The summed E-state index contributed by atoms with van der Waals surface area (Å²) in [6.45, 7) is -0.0743. The first-order valence-electron chi connectivity index (χ1n) is 8.12. The first-order valence-corrected chi connectivity index (χ1v) is 9.98. The van der Waals surface area contributed by atoms with Crippen LogP contribution in [0.1, 0.15) is 17.2 Å². The number of hydrogen-bond acceptors (Lipinski definition) is 4. The molecular weight excluding hydrogens is 417 g/mol. The summed E-state index contributed by atoms with van der Waals surface area (Å²) in [5.74, 6) is 0.605. The molecule has 0 aliphatic heterocycles. The minimum atomic E-state index is -4.68. The zero-order valence-electron chi connectivity index (χ0n) is 15.4. The predicted molar refractivity (Wildman–Crippen MR) is 101 cm³/mol. The van der Waals surface area contributed by atoms with Gasteiger partial charge >= 0.3 is 6.18 Å². The average Bonchev–Trinajstić information content (AvgIpc) is 2.61. The fraction of sp³-hybridized carbons (Fsp3) is 0.333. The maximum atomic E-state index is 12.9. The SMILES string of the molecule is COc1cccc(C(CNS(=O)(=O)c2cc(C(F)(F)F)ccc2Cl)N(C)C)c1. The first kappa shape index (κ1) is 22.5. The highest BCUT2D eigenvalue weighted by Gasteiger charge is 2.33. The third-order valence-electron chi connectivity index (χ3n) is 4.12. The Morgan fingerprint density at radius 1 is 1.18 bits per heavy atom. The standard InChI is InChI=1S/C18H20ClF3N2O3S/c1-24(2)16(12-5-4-6-14(9-12)27-3)11-23-28(25,26)17-10-13(18(20,21)22)7-8-15(17)19/h4-10,16,23H,11H2,1-3H3. The minimum Gasteiger partial charge on any atom is -0.497 e. The van der Waals surface area contributed by atoms with E-state index in [-0.39, 0.29) is 17.6 Å². The Morgan fingerprint density at radius 2 is 1.86 bits per heavy atom. The number of sulfonamides is 1. The molecule has 2 aromatic rings. The van der Waals surface area contributed by atoms with Crippen LogP contribution in [0.3, 0.4) is 0 Å². The van der Waals surface area contributed by atoms with Crippen molar-refractivity contribution in [3.8, 4) is 5.75 Å². The van der Waals surface area contributed by atoms with Gasteiger partial charge in [-0.05, 0) is 50.0 Å². The number of alkyl halides is 3. The summed E-state index contributed by atoms with van der Waals surface area (Å²) in [4.78, 5) is 1.16. The number of nitrogens with one attached hydrogen (secondary N) is 1. The molecule has 1 unspecified atom stereocenters. The zero-order chi connectivity index (χ0) is 21.1. The molecule has 2 rings (SSSR count). The largest absolute Gasteiger partial charge is 0.497 e. The Kier molecular flexibility index (Phi) is 6.97. The van der Waals surface area contributed by atoms with E-state index < -0.39 is 26.7 Å². The monoisotopic (exact) mass is 436 g/mol. The van der Waals surface area contributed by atoms with Crippen molar-refractivity contribution in [3.63, 3.8) is 0 Å². The number of methoxy groups -OCH3 is 1. The van der Waals surface area contributed by atoms with E-state index in [9.17, 15) is 21.6 Å². The molecule has 0 fully saturated rings. The van der Waals surface area contributed by atoms with Crippen LogP contribution in [-0.4, -0.2) is 41.1 Å². The van der Waals surface area contributed by atoms with Crippen molar-refractivity contribution in [2.45, 2.75) is 17.1 Å². The molecule has 2 aromatic carbocycles. The second kappa shape index (κ2) is 8.69. The molecule has 1 atom stereocenters. The summed E-state index contributed by atoms with van der Waals surface area (Å²) >= 11 is 5.85. The van der Waals surface area contributed by atoms with Crippen LogP contribution in [0.4, 0.5) is 13.2 Å². The van der Waals surface area contributed by atoms with Gasteiger partial charge in [0.05, 0.1) is 17.7 Å². The van der Waals surface area contributed by atoms with Gasteiger partial charge in [0.1, 0.15) is 10.6 Å². The molecular formula is C18H20ClF3N2O3S. The molecule has 154 valence electrons. The Hall–Kier alpha value is -1.81. The molecule has 1 N–H and O–H groups in total. The van der Waals surface area contributed by atoms with Crippen molar-refractivity contribution in [1.82, 2.24) is 9.62 Å². The van der Waals surface area contributed by atoms with E-state index in [0.717, 1.165) is 17.7 Å². The minimum absolute atomic E-state index is 0.0743. The van der Waals surface area contributed by atoms with Gasteiger partial charge in [-0.3, -0.25) is 0 Å². The van der Waals surface area contributed by atoms with Crippen LogP contribution in [-0.2, 0) is 16.2 Å². The highest BCUT2D eigenvalue weighted by Crippen LogP contribution is 2.33. The van der Waals surface area contributed by atoms with Crippen molar-refractivity contribution in [2.24, 2.45) is 0 Å². The lowest BCUT2D eigenvalue weighted by Gasteiger charge is -2.25. The van der Waals surface area contributed by atoms with Gasteiger partial charge in [-0.1, -0.05) is 23.7 Å². The van der Waals surface area contributed by atoms with Gasteiger partial charge in [-0.2, -0.15) is 13.2 Å². The van der Waals surface area contributed by atoms with Gasteiger partial charge in [0, 0.05) is 12.6 Å². The highest BCUT2D eigenvalue weighted by atomic mass is 35.5. The summed E-state index contributed by atoms with van der Waals surface area (Å²) in [6.07, 6.45) is -4.68. The average molecular weight is 437 g/mol. The number of hydrogen-bond donors (Lipinski definition) is 1. The number of halogens is 4. The second-order valence-electron chi connectivity index (χ2n) is 6.25. The molecule has 0 aromatic heterocycles. The molecule has 28 heavy (non-hydrogen) atoms. The van der Waals surface area contributed by atoms with Crippen molar-refractivity contribution in [3.05, 3.63) is 58.6 Å². The Bertz CT molecular complexity index is 934. The van der Waals surface area contributed by atoms with Crippen molar-refractivity contribution in [2.75, 3.05) is 27.7 Å². The number of rotatable bonds is 7. The maximum absolute atomic E-state index is 12.9. The zero-order valence-corrected chi connectivity index (χ0v) is 17.0. The van der Waals surface area contributed by atoms with Gasteiger partial charge in [-0.15, -0.1) is 0 Å². The Balaban J connectivity index is 2.30. The Morgan fingerprint density at radius 3 is 2.43 bits per heavy atom. The van der Waals surface area contributed by atoms with Crippen molar-refractivity contribution < 1.29 is 26.3 Å². The number of ether oxygens (including phenoxy) is 1. The molecule has 0 aliphatic carbocycles. The number of benzene rings is 2. The van der Waals surface area contributed by atoms with Crippen LogP contribution in [0, 0.1) is 0 Å². The van der Waals surface area contributed by atoms with Gasteiger partial charge < -0.3 is 9.64 Å². The third-order valence-corrected chi connectivity index (χ3v) is 6.02. The number of likely N-dealkylation sites (N-methyl/N-ethyl adjacent to an activating group) is 1. The van der Waals surface area contributed by atoms with E-state index in [1.165, 1.54) is 7.11 Å². The van der Waals surface area contributed by atoms with E-state index in [1.54, 1.807) is 43.3 Å². The molecule has 0 heterocycles. The summed E-state index contributed by atoms with van der Waals surface area (Å²) in [6, 6.07) is 8.89. The fourth-order valence-corrected chi connectivity index (χ4v) is 4.16. The lowest BCUT2D eigenvalue weighted by molar-refractivity contribution is -0.137. The topological polar surface area (TPSA) is 58.6 Å². The molecule has 0 radical (unpaired) electrons. The molecule has 0 amide bonds. The van der Waals surface area contributed by atoms with Gasteiger partial charge in [-0.25, -0.2) is 13.1 Å². The summed E-state index contributed by atoms with van der Waals surface area (Å²) < 4.78 is 71.5. The van der Waals surface area contributed by atoms with E-state index >= 15 is 0 Å². The molecule has 0 aliphatic rings. The van der Waals surface area contributed by atoms with E-state index in [1.807, 2.05) is 0 Å². The first-order chi connectivity index (χ1) is 13.0. The van der Waals surface area contributed by atoms with Crippen molar-refractivity contribution in [1.29, 1.82) is 0 Å². The fourth-order valence-electron chi connectivity index (χ4n) is 2.60. The van der Waals surface area contributed by atoms with Crippen molar-refractivity contribution >= 4 is 21.6 Å². The van der Waals surface area contributed by atoms with E-state index in [4.69, 9.17) is 16.3 Å². The summed E-state index contributed by atoms with van der Waals surface area (Å²) in [5, 5.41) is -0.289. The number of nitrogens with zero attached hydrogens (tertiary/aromatic N) is 1. The lowest BCUT2D eigenvalue weighted by atomic mass is 10.1. The maximum Gasteiger partial charge on any atom is 0.416 e. The molecule has 0 spiro atoms. The molecule has 0 saturated carbocycles. The van der Waals surface area contributed by atoms with Gasteiger partial charge in [0.25, 0.3) is 0 Å². The Labute approximate surface area is 167 Å². The van der Waals surface area contributed by atoms with Crippen LogP contribution in [0.25, 0.3) is 0 Å². The van der Waals surface area contributed by atoms with Crippen LogP contribution < -0.4 is 9.46 Å². The van der Waals surface area contributed by atoms with Crippen LogP contribution in [0.15, 0.2) is 47.4 Å². The van der Waals surface area contributed by atoms with Gasteiger partial charge in [0.15, 0.2) is 0 Å². The summed E-state index contributed by atoms with van der Waals surface area (Å²) in [7, 11) is 0.769. The van der Waals surface area contributed by atoms with Gasteiger partial charge in [0.2, 0.25) is 10.0 Å². The molecule has 0 bridgehead atoms. The van der Waals surface area contributed by atoms with Crippen LogP contribution in [0.5, 0.6) is 5.75 Å². The second-order valence-corrected chi connectivity index (χ2v) is 8.39. The predicted octanol–water partition coefficient (Wildman–Crippen LogP) is 3.95. The third kappa shape index (κ3) is 5.38. The molecule has 0 saturated heterocycles. The lowest BCUT2D eigenvalue weighted by Crippen LogP contribution is -2.34. The van der Waals surface area contributed by atoms with Crippen LogP contribution in [0.2, 0.25) is 5.02 Å². The normalized spacial score (nSPS) is 13.6. The quantitative estimate of drug-likeness (QED) is 0.714. The van der Waals surface area contributed by atoms with E-state index in [0.29, 0.717) is 11.8 Å².